The zero-order chi connectivity index (χ0) is 13.7. The van der Waals surface area contributed by atoms with Crippen LogP contribution in [-0.4, -0.2) is 21.9 Å². The predicted molar refractivity (Wildman–Crippen MR) is 80.7 cm³/mol. The summed E-state index contributed by atoms with van der Waals surface area (Å²) in [4.78, 5) is 4.52. The van der Waals surface area contributed by atoms with Gasteiger partial charge >= 0.3 is 0 Å². The van der Waals surface area contributed by atoms with E-state index in [2.05, 4.69) is 52.8 Å². The molecule has 1 atom stereocenters. The van der Waals surface area contributed by atoms with Crippen LogP contribution in [-0.2, 0) is 6.42 Å². The van der Waals surface area contributed by atoms with Gasteiger partial charge in [0, 0.05) is 24.0 Å². The van der Waals surface area contributed by atoms with Gasteiger partial charge in [0.15, 0.2) is 0 Å². The van der Waals surface area contributed by atoms with Crippen LogP contribution in [0.1, 0.15) is 30.3 Å². The lowest BCUT2D eigenvalue weighted by Gasteiger charge is -2.09. The second-order valence-corrected chi connectivity index (χ2v) is 5.49. The number of benzene rings is 1. The summed E-state index contributed by atoms with van der Waals surface area (Å²) in [5.74, 6) is 0.877. The molecule has 4 nitrogen and oxygen atoms in total. The summed E-state index contributed by atoms with van der Waals surface area (Å²) in [6, 6.07) is 8.68. The molecule has 0 aliphatic heterocycles. The number of nitrogens with two attached hydrogens (primary N) is 1. The van der Waals surface area contributed by atoms with Gasteiger partial charge in [-0.3, -0.25) is 0 Å². The summed E-state index contributed by atoms with van der Waals surface area (Å²) >= 11 is 1.42. The van der Waals surface area contributed by atoms with E-state index in [9.17, 15) is 0 Å². The van der Waals surface area contributed by atoms with Gasteiger partial charge in [-0.15, -0.1) is 0 Å². The lowest BCUT2D eigenvalue weighted by molar-refractivity contribution is 0.715. The number of rotatable bonds is 6. The zero-order valence-electron chi connectivity index (χ0n) is 11.4. The molecule has 1 heterocycles. The van der Waals surface area contributed by atoms with Crippen LogP contribution in [0.15, 0.2) is 24.3 Å². The summed E-state index contributed by atoms with van der Waals surface area (Å²) in [6.45, 7) is 4.91. The van der Waals surface area contributed by atoms with Crippen molar-refractivity contribution in [3.8, 4) is 0 Å². The molecule has 5 heteroatoms. The van der Waals surface area contributed by atoms with Gasteiger partial charge in [0.1, 0.15) is 5.82 Å². The molecular formula is C14H20N4S. The van der Waals surface area contributed by atoms with Crippen LogP contribution in [0, 0.1) is 6.92 Å². The highest BCUT2D eigenvalue weighted by Gasteiger charge is 2.08. The number of nitrogens with zero attached hydrogens (tertiary/aromatic N) is 2. The van der Waals surface area contributed by atoms with Gasteiger partial charge in [-0.05, 0) is 37.9 Å². The molecule has 0 fully saturated rings. The maximum atomic E-state index is 5.53. The van der Waals surface area contributed by atoms with Crippen LogP contribution < -0.4 is 11.1 Å². The Kier molecular flexibility index (Phi) is 4.87. The Morgan fingerprint density at radius 2 is 2.16 bits per heavy atom. The number of aryl methyl sites for hydroxylation is 1. The monoisotopic (exact) mass is 276 g/mol. The van der Waals surface area contributed by atoms with E-state index in [1.54, 1.807) is 0 Å². The predicted octanol–water partition coefficient (Wildman–Crippen LogP) is 2.59. The van der Waals surface area contributed by atoms with Crippen molar-refractivity contribution in [2.24, 2.45) is 5.73 Å². The minimum atomic E-state index is 0.337. The summed E-state index contributed by atoms with van der Waals surface area (Å²) in [7, 11) is 0. The molecule has 0 radical (unpaired) electrons. The van der Waals surface area contributed by atoms with Crippen molar-refractivity contribution < 1.29 is 0 Å². The topological polar surface area (TPSA) is 63.8 Å². The molecule has 19 heavy (non-hydrogen) atoms. The number of aromatic nitrogens is 2. The molecule has 1 unspecified atom stereocenters. The standard InChI is InChI=1S/C14H20N4S/c1-10-5-3-4-6-12(10)9-13-17-14(19-18-13)16-11(2)7-8-15/h3-6,11H,7-9,15H2,1-2H3,(H,16,17,18). The third-order valence-electron chi connectivity index (χ3n) is 3.05. The van der Waals surface area contributed by atoms with Crippen molar-refractivity contribution in [3.63, 3.8) is 0 Å². The normalized spacial score (nSPS) is 12.4. The molecule has 1 aromatic carbocycles. The third kappa shape index (κ3) is 4.01. The highest BCUT2D eigenvalue weighted by Crippen LogP contribution is 2.17. The summed E-state index contributed by atoms with van der Waals surface area (Å²) in [5.41, 5.74) is 8.09. The fourth-order valence-corrected chi connectivity index (χ4v) is 2.59. The molecule has 102 valence electrons. The molecule has 2 aromatic rings. The van der Waals surface area contributed by atoms with Crippen molar-refractivity contribution in [3.05, 3.63) is 41.2 Å². The second-order valence-electron chi connectivity index (χ2n) is 4.74. The summed E-state index contributed by atoms with van der Waals surface area (Å²) in [6.07, 6.45) is 1.73. The number of hydrogen-bond donors (Lipinski definition) is 2. The Labute approximate surface area is 118 Å². The highest BCUT2D eigenvalue weighted by atomic mass is 32.1. The molecule has 1 aromatic heterocycles. The van der Waals surface area contributed by atoms with E-state index < -0.39 is 0 Å². The molecule has 0 spiro atoms. The lowest BCUT2D eigenvalue weighted by atomic mass is 10.1. The number of hydrogen-bond acceptors (Lipinski definition) is 5. The molecule has 0 bridgehead atoms. The minimum absolute atomic E-state index is 0.337. The Morgan fingerprint density at radius 3 is 2.89 bits per heavy atom. The van der Waals surface area contributed by atoms with E-state index in [4.69, 9.17) is 5.73 Å². The number of nitrogens with one attached hydrogen (secondary N) is 1. The van der Waals surface area contributed by atoms with Crippen molar-refractivity contribution in [2.45, 2.75) is 32.7 Å². The van der Waals surface area contributed by atoms with Crippen LogP contribution in [0.25, 0.3) is 0 Å². The summed E-state index contributed by atoms with van der Waals surface area (Å²) < 4.78 is 4.40. The van der Waals surface area contributed by atoms with Crippen LogP contribution in [0.5, 0.6) is 0 Å². The Morgan fingerprint density at radius 1 is 1.37 bits per heavy atom. The van der Waals surface area contributed by atoms with E-state index in [1.165, 1.54) is 22.7 Å². The summed E-state index contributed by atoms with van der Waals surface area (Å²) in [5, 5.41) is 4.21. The first-order valence-corrected chi connectivity index (χ1v) is 7.30. The average molecular weight is 276 g/mol. The lowest BCUT2D eigenvalue weighted by Crippen LogP contribution is -2.19. The molecule has 0 amide bonds. The second kappa shape index (κ2) is 6.63. The van der Waals surface area contributed by atoms with E-state index >= 15 is 0 Å². The van der Waals surface area contributed by atoms with Crippen LogP contribution in [0.2, 0.25) is 0 Å². The first-order chi connectivity index (χ1) is 9.19. The van der Waals surface area contributed by atoms with Gasteiger partial charge in [0.25, 0.3) is 0 Å². The highest BCUT2D eigenvalue weighted by molar-refractivity contribution is 7.09. The van der Waals surface area contributed by atoms with Crippen molar-refractivity contribution in [2.75, 3.05) is 11.9 Å². The van der Waals surface area contributed by atoms with Gasteiger partial charge in [-0.2, -0.15) is 4.37 Å². The maximum absolute atomic E-state index is 5.53. The SMILES string of the molecule is Cc1ccccc1Cc1nsc(NC(C)CCN)n1. The molecule has 0 saturated carbocycles. The first kappa shape index (κ1) is 14.0. The van der Waals surface area contributed by atoms with E-state index in [0.29, 0.717) is 12.6 Å². The fraction of sp³-hybridized carbons (Fsp3) is 0.429. The first-order valence-electron chi connectivity index (χ1n) is 6.52. The van der Waals surface area contributed by atoms with Gasteiger partial charge in [0.05, 0.1) is 0 Å². The molecule has 0 aliphatic rings. The maximum Gasteiger partial charge on any atom is 0.202 e. The zero-order valence-corrected chi connectivity index (χ0v) is 12.2. The van der Waals surface area contributed by atoms with E-state index in [0.717, 1.165) is 23.8 Å². The van der Waals surface area contributed by atoms with Crippen LogP contribution in [0.3, 0.4) is 0 Å². The van der Waals surface area contributed by atoms with Gasteiger partial charge in [-0.1, -0.05) is 24.3 Å². The third-order valence-corrected chi connectivity index (χ3v) is 3.73. The molecule has 0 aliphatic carbocycles. The van der Waals surface area contributed by atoms with Gasteiger partial charge in [0.2, 0.25) is 5.13 Å². The quantitative estimate of drug-likeness (QED) is 0.851. The van der Waals surface area contributed by atoms with Crippen molar-refractivity contribution in [1.82, 2.24) is 9.36 Å². The molecule has 2 rings (SSSR count). The van der Waals surface area contributed by atoms with Crippen LogP contribution >= 0.6 is 11.5 Å². The Balaban J connectivity index is 2.00. The van der Waals surface area contributed by atoms with Crippen molar-refractivity contribution in [1.29, 1.82) is 0 Å². The van der Waals surface area contributed by atoms with Crippen molar-refractivity contribution >= 4 is 16.7 Å². The Hall–Kier alpha value is -1.46. The molecule has 3 N–H and O–H groups in total. The average Bonchev–Trinajstić information content (AvgIpc) is 2.80. The van der Waals surface area contributed by atoms with Crippen LogP contribution in [0.4, 0.5) is 5.13 Å². The number of anilines is 1. The Bertz CT molecular complexity index is 524. The van der Waals surface area contributed by atoms with E-state index in [1.807, 2.05) is 0 Å². The smallest absolute Gasteiger partial charge is 0.202 e. The molecular weight excluding hydrogens is 256 g/mol. The fourth-order valence-electron chi connectivity index (χ4n) is 1.90. The molecule has 0 saturated heterocycles. The minimum Gasteiger partial charge on any atom is -0.358 e. The largest absolute Gasteiger partial charge is 0.358 e. The van der Waals surface area contributed by atoms with E-state index in [-0.39, 0.29) is 0 Å². The van der Waals surface area contributed by atoms with Gasteiger partial charge in [-0.25, -0.2) is 4.98 Å². The van der Waals surface area contributed by atoms with Gasteiger partial charge < -0.3 is 11.1 Å².